The van der Waals surface area contributed by atoms with E-state index in [0.29, 0.717) is 53.7 Å². The number of hydrogen-bond donors (Lipinski definition) is 6. The fraction of sp³-hybridized carbons (Fsp3) is 0.224. The number of nitrogens with two attached hydrogens (primary N) is 1. The first-order valence-electron chi connectivity index (χ1n) is 24.9. The molecule has 0 spiro atoms. The number of aliphatic imine (C=N–C) groups is 1. The number of ether oxygens (including phenoxy) is 1. The highest BCUT2D eigenvalue weighted by molar-refractivity contribution is 6.23. The van der Waals surface area contributed by atoms with Gasteiger partial charge in [-0.05, 0) is 141 Å². The van der Waals surface area contributed by atoms with Crippen molar-refractivity contribution in [3.8, 4) is 28.7 Å². The van der Waals surface area contributed by atoms with Crippen LogP contribution in [-0.2, 0) is 13.6 Å². The highest BCUT2D eigenvalue weighted by Gasteiger charge is 2.27. The molecule has 9 rings (SSSR count). The first kappa shape index (κ1) is 52.5. The molecule has 3 aromatic heterocycles. The molecule has 1 atom stereocenters. The van der Waals surface area contributed by atoms with Gasteiger partial charge in [-0.2, -0.15) is 0 Å². The number of carbonyl (C=O) groups excluding carboxylic acids is 3. The summed E-state index contributed by atoms with van der Waals surface area (Å²) in [5.41, 5.74) is 8.92. The van der Waals surface area contributed by atoms with Crippen LogP contribution in [0.5, 0.6) is 23.0 Å². The zero-order chi connectivity index (χ0) is 54.8. The molecule has 77 heavy (non-hydrogen) atoms. The molecule has 1 aliphatic heterocycles. The Bertz CT molecular complexity index is 3720. The second kappa shape index (κ2) is 21.8. The first-order valence-corrected chi connectivity index (χ1v) is 24.9. The van der Waals surface area contributed by atoms with Gasteiger partial charge in [0.05, 0.1) is 17.2 Å². The molecule has 1 unspecified atom stereocenters. The normalized spacial score (nSPS) is 13.4. The van der Waals surface area contributed by atoms with Crippen molar-refractivity contribution in [2.24, 2.45) is 23.7 Å². The number of fused-ring (bicyclic) bond motifs is 2. The Morgan fingerprint density at radius 2 is 1.58 bits per heavy atom. The Morgan fingerprint density at radius 1 is 0.857 bits per heavy atom. The van der Waals surface area contributed by atoms with Gasteiger partial charge in [-0.1, -0.05) is 13.8 Å². The molecule has 5 amide bonds. The van der Waals surface area contributed by atoms with Crippen molar-refractivity contribution >= 4 is 69.4 Å². The molecule has 8 aromatic rings. The molecule has 1 fully saturated rings. The molecule has 394 valence electrons. The number of rotatable bonds is 14. The summed E-state index contributed by atoms with van der Waals surface area (Å²) in [6, 6.07) is 25.9. The van der Waals surface area contributed by atoms with E-state index in [2.05, 4.69) is 14.9 Å². The number of carbonyl (C=O) groups is 3. The molecule has 0 aliphatic carbocycles. The van der Waals surface area contributed by atoms with E-state index in [4.69, 9.17) is 21.3 Å². The highest BCUT2D eigenvalue weighted by atomic mass is 19.1. The van der Waals surface area contributed by atoms with Crippen LogP contribution in [0.2, 0.25) is 0 Å². The maximum absolute atomic E-state index is 15.9. The second-order valence-corrected chi connectivity index (χ2v) is 19.4. The number of benzene rings is 5. The van der Waals surface area contributed by atoms with E-state index >= 15 is 4.39 Å². The first-order chi connectivity index (χ1) is 36.9. The fourth-order valence-electron chi connectivity index (χ4n) is 9.78. The van der Waals surface area contributed by atoms with Crippen LogP contribution in [0, 0.1) is 35.3 Å². The number of likely N-dealkylation sites (tertiary alicyclic amines) is 1. The lowest BCUT2D eigenvalue weighted by Gasteiger charge is -2.31. The van der Waals surface area contributed by atoms with Gasteiger partial charge in [-0.25, -0.2) is 28.3 Å². The van der Waals surface area contributed by atoms with E-state index < -0.39 is 41.1 Å². The van der Waals surface area contributed by atoms with Crippen LogP contribution in [-0.4, -0.2) is 78.1 Å². The Labute approximate surface area is 441 Å². The van der Waals surface area contributed by atoms with Crippen LogP contribution in [0.1, 0.15) is 77.7 Å². The maximum atomic E-state index is 15.9. The molecule has 5 aromatic carbocycles. The zero-order valence-electron chi connectivity index (χ0n) is 42.6. The summed E-state index contributed by atoms with van der Waals surface area (Å²) in [4.78, 5) is 60.1. The minimum atomic E-state index is -0.909. The smallest absolute Gasteiger partial charge is 0.343 e. The van der Waals surface area contributed by atoms with Gasteiger partial charge in [-0.3, -0.25) is 19.6 Å². The van der Waals surface area contributed by atoms with Gasteiger partial charge in [0.25, 0.3) is 11.5 Å². The number of aromatic nitrogens is 3. The Kier molecular flexibility index (Phi) is 14.9. The number of nitrogens with one attached hydrogen (secondary N) is 3. The molecule has 4 heterocycles. The van der Waals surface area contributed by atoms with Gasteiger partial charge in [0.1, 0.15) is 34.5 Å². The topological polar surface area (TPSA) is 237 Å². The molecule has 1 saturated heterocycles. The molecule has 7 N–H and O–H groups in total. The maximum Gasteiger partial charge on any atom is 0.343 e. The van der Waals surface area contributed by atoms with E-state index in [1.54, 1.807) is 42.2 Å². The standard InChI is InChI=1S/C58H56F2N10O7/c1-33(2)44-28-46(51(72)30-50(44)71)54(62)70(57(63)75)42-11-13-48-36(25-42)19-24-67(48)21-15-35-16-22-68(23-17-35)58(76)64-32-38(31-61)45-29-49-37(18-20-66(49)4)26-53(45)77-52-14-8-40(27-47(52)60)65-55(73)43-12-5-34(3)69(56(43)74)41-9-6-39(59)7-10-41/h5-14,18-20,24-33,35,38,61-62,71-72H,15-17,21-23H2,1-4H3,(H2,63,75)(H,65,73). The lowest BCUT2D eigenvalue weighted by atomic mass is 9.93. The third kappa shape index (κ3) is 10.9. The van der Waals surface area contributed by atoms with Crippen molar-refractivity contribution < 1.29 is 38.1 Å². The number of primary amides is 1. The third-order valence-corrected chi connectivity index (χ3v) is 14.1. The van der Waals surface area contributed by atoms with Gasteiger partial charge in [0.2, 0.25) is 0 Å². The number of anilines is 2. The minimum Gasteiger partial charge on any atom is -0.508 e. The Balaban J connectivity index is 0.829. The fourth-order valence-corrected chi connectivity index (χ4v) is 9.78. The largest absolute Gasteiger partial charge is 0.508 e. The van der Waals surface area contributed by atoms with Crippen molar-refractivity contribution in [2.45, 2.75) is 58.4 Å². The monoisotopic (exact) mass is 1040 g/mol. The SMILES string of the molecule is Cc1ccc(C(=O)Nc2ccc(Oc3cc4ccn(C)c4cc3C(C=N)C=NC(=O)N3CCC(CCn4ccc5cc(N(C(=N)c6cc(C(C)C)c(O)cc6O)C(N)=O)ccc54)CC3)c(F)c2)c(=O)n1-c1ccc(F)cc1. The highest BCUT2D eigenvalue weighted by Crippen LogP contribution is 2.37. The van der Waals surface area contributed by atoms with Crippen molar-refractivity contribution in [1.82, 2.24) is 18.6 Å². The van der Waals surface area contributed by atoms with Gasteiger partial charge in [-0.15, -0.1) is 0 Å². The van der Waals surface area contributed by atoms with Crippen molar-refractivity contribution in [1.29, 1.82) is 10.8 Å². The number of aromatic hydroxyl groups is 2. The quantitative estimate of drug-likeness (QED) is 0.0454. The summed E-state index contributed by atoms with van der Waals surface area (Å²) in [5.74, 6) is -3.51. The number of urea groups is 2. The van der Waals surface area contributed by atoms with Crippen LogP contribution in [0.25, 0.3) is 27.5 Å². The van der Waals surface area contributed by atoms with Crippen molar-refractivity contribution in [3.63, 3.8) is 0 Å². The molecule has 19 heteroatoms. The number of aryl methyl sites for hydroxylation is 3. The van der Waals surface area contributed by atoms with E-state index in [0.717, 1.165) is 64.3 Å². The molecule has 0 radical (unpaired) electrons. The summed E-state index contributed by atoms with van der Waals surface area (Å²) in [6.07, 6.45) is 8.64. The van der Waals surface area contributed by atoms with Crippen LogP contribution >= 0.6 is 0 Å². The van der Waals surface area contributed by atoms with E-state index in [1.165, 1.54) is 59.3 Å². The third-order valence-electron chi connectivity index (χ3n) is 14.1. The summed E-state index contributed by atoms with van der Waals surface area (Å²) >= 11 is 0. The number of phenolic OH excluding ortho intramolecular Hbond substituents is 2. The number of hydrogen-bond acceptors (Lipinski definition) is 9. The van der Waals surface area contributed by atoms with Crippen LogP contribution in [0.4, 0.5) is 29.7 Å². The van der Waals surface area contributed by atoms with Crippen LogP contribution in [0.15, 0.2) is 131 Å². The lowest BCUT2D eigenvalue weighted by molar-refractivity contribution is 0.102. The Hall–Kier alpha value is -9.39. The summed E-state index contributed by atoms with van der Waals surface area (Å²) in [7, 11) is 1.86. The van der Waals surface area contributed by atoms with Gasteiger partial charge >= 0.3 is 12.1 Å². The zero-order valence-corrected chi connectivity index (χ0v) is 42.6. The molecular formula is C58H56F2N10O7. The molecule has 17 nitrogen and oxygen atoms in total. The minimum absolute atomic E-state index is 0.0491. The predicted molar refractivity (Wildman–Crippen MR) is 293 cm³/mol. The van der Waals surface area contributed by atoms with E-state index in [1.807, 2.05) is 56.1 Å². The van der Waals surface area contributed by atoms with Gasteiger partial charge < -0.3 is 45.4 Å². The second-order valence-electron chi connectivity index (χ2n) is 19.4. The van der Waals surface area contributed by atoms with Crippen molar-refractivity contribution in [2.75, 3.05) is 23.3 Å². The van der Waals surface area contributed by atoms with Crippen LogP contribution in [0.3, 0.4) is 0 Å². The van der Waals surface area contributed by atoms with Gasteiger partial charge in [0.15, 0.2) is 11.6 Å². The number of amides is 5. The number of halogens is 2. The van der Waals surface area contributed by atoms with Gasteiger partial charge in [0, 0.05) is 108 Å². The average molecular weight is 1040 g/mol. The number of amidine groups is 1. The number of nitrogens with zero attached hydrogens (tertiary/aromatic N) is 6. The number of piperidine rings is 1. The summed E-state index contributed by atoms with van der Waals surface area (Å²) in [6.45, 7) is 7.05. The molecule has 0 saturated carbocycles. The molecular weight excluding hydrogens is 987 g/mol. The molecule has 0 bridgehead atoms. The summed E-state index contributed by atoms with van der Waals surface area (Å²) < 4.78 is 41.0. The average Bonchev–Trinajstić information content (AvgIpc) is 4.01. The molecule has 1 aliphatic rings. The van der Waals surface area contributed by atoms with Crippen molar-refractivity contribution in [3.05, 3.63) is 172 Å². The summed E-state index contributed by atoms with van der Waals surface area (Å²) in [5, 5.41) is 42.4. The van der Waals surface area contributed by atoms with E-state index in [-0.39, 0.29) is 51.6 Å². The number of phenols is 2. The predicted octanol–water partition coefficient (Wildman–Crippen LogP) is 11.1. The lowest BCUT2D eigenvalue weighted by Crippen LogP contribution is -2.41. The van der Waals surface area contributed by atoms with E-state index in [9.17, 15) is 33.8 Å². The number of pyridine rings is 1. The van der Waals surface area contributed by atoms with Crippen LogP contribution < -0.4 is 26.2 Å². The Morgan fingerprint density at radius 3 is 2.29 bits per heavy atom.